The Morgan fingerprint density at radius 3 is 2.56 bits per heavy atom. The molecule has 18 heavy (non-hydrogen) atoms. The third-order valence-electron chi connectivity index (χ3n) is 3.59. The van der Waals surface area contributed by atoms with E-state index < -0.39 is 0 Å². The molecule has 1 aromatic rings. The average molecular weight is 249 g/mol. The minimum atomic E-state index is 0.0463. The van der Waals surface area contributed by atoms with E-state index in [1.165, 1.54) is 12.8 Å². The van der Waals surface area contributed by atoms with Gasteiger partial charge in [0.15, 0.2) is 0 Å². The summed E-state index contributed by atoms with van der Waals surface area (Å²) in [6.07, 6.45) is 4.25. The molecule has 0 saturated carbocycles. The van der Waals surface area contributed by atoms with Crippen LogP contribution in [0.15, 0.2) is 4.79 Å². The smallest absolute Gasteiger partial charge is 0.255 e. The molecule has 2 heterocycles. The number of nitrogens with zero attached hydrogens (tertiary/aromatic N) is 2. The number of rotatable bonds is 4. The van der Waals surface area contributed by atoms with Gasteiger partial charge in [0, 0.05) is 24.3 Å². The van der Waals surface area contributed by atoms with Gasteiger partial charge in [0.1, 0.15) is 0 Å². The Morgan fingerprint density at radius 1 is 1.33 bits per heavy atom. The molecular formula is C14H23N3O. The second-order valence-electron chi connectivity index (χ2n) is 5.58. The van der Waals surface area contributed by atoms with Crippen molar-refractivity contribution in [3.63, 3.8) is 0 Å². The maximum absolute atomic E-state index is 12.1. The Morgan fingerprint density at radius 2 is 2.00 bits per heavy atom. The van der Waals surface area contributed by atoms with Crippen molar-refractivity contribution in [3.05, 3.63) is 21.6 Å². The van der Waals surface area contributed by atoms with Gasteiger partial charge < -0.3 is 4.90 Å². The number of hydrogen-bond donors (Lipinski definition) is 1. The Bertz CT molecular complexity index is 459. The maximum Gasteiger partial charge on any atom is 0.255 e. The minimum Gasteiger partial charge on any atom is -0.342 e. The van der Waals surface area contributed by atoms with Crippen molar-refractivity contribution in [3.8, 4) is 0 Å². The Labute approximate surface area is 108 Å². The van der Waals surface area contributed by atoms with Gasteiger partial charge in [-0.3, -0.25) is 9.78 Å². The van der Waals surface area contributed by atoms with Gasteiger partial charge in [-0.1, -0.05) is 13.8 Å². The minimum absolute atomic E-state index is 0.0463. The molecule has 0 bridgehead atoms. The van der Waals surface area contributed by atoms with Crippen LogP contribution in [0.4, 0.5) is 5.95 Å². The zero-order chi connectivity index (χ0) is 13.1. The lowest BCUT2D eigenvalue weighted by atomic mass is 10.0. The van der Waals surface area contributed by atoms with Gasteiger partial charge in [-0.25, -0.2) is 4.98 Å². The molecule has 0 atom stereocenters. The van der Waals surface area contributed by atoms with Gasteiger partial charge >= 0.3 is 0 Å². The molecule has 2 rings (SSSR count). The molecule has 0 amide bonds. The van der Waals surface area contributed by atoms with Crippen LogP contribution in [0.1, 0.15) is 44.4 Å². The van der Waals surface area contributed by atoms with Crippen LogP contribution in [-0.4, -0.2) is 23.1 Å². The largest absolute Gasteiger partial charge is 0.342 e. The summed E-state index contributed by atoms with van der Waals surface area (Å²) in [7, 11) is 0. The van der Waals surface area contributed by atoms with Crippen molar-refractivity contribution in [2.45, 2.75) is 46.5 Å². The van der Waals surface area contributed by atoms with E-state index in [9.17, 15) is 4.79 Å². The second kappa shape index (κ2) is 5.55. The zero-order valence-electron chi connectivity index (χ0n) is 11.6. The number of aryl methyl sites for hydroxylation is 1. The van der Waals surface area contributed by atoms with E-state index in [2.05, 4.69) is 28.7 Å². The highest BCUT2D eigenvalue weighted by Gasteiger charge is 2.16. The first-order chi connectivity index (χ1) is 8.58. The molecule has 0 spiro atoms. The van der Waals surface area contributed by atoms with Gasteiger partial charge in [0.25, 0.3) is 5.56 Å². The van der Waals surface area contributed by atoms with Crippen LogP contribution in [0.5, 0.6) is 0 Å². The molecule has 4 nitrogen and oxygen atoms in total. The molecule has 100 valence electrons. The molecule has 0 unspecified atom stereocenters. The lowest BCUT2D eigenvalue weighted by Crippen LogP contribution is -2.26. The first-order valence-electron chi connectivity index (χ1n) is 6.92. The van der Waals surface area contributed by atoms with E-state index in [1.54, 1.807) is 0 Å². The van der Waals surface area contributed by atoms with Gasteiger partial charge in [-0.2, -0.15) is 0 Å². The summed E-state index contributed by atoms with van der Waals surface area (Å²) in [4.78, 5) is 21.8. The van der Waals surface area contributed by atoms with E-state index >= 15 is 0 Å². The number of H-pyrrole nitrogens is 1. The first kappa shape index (κ1) is 13.1. The van der Waals surface area contributed by atoms with Crippen molar-refractivity contribution in [2.75, 3.05) is 18.0 Å². The van der Waals surface area contributed by atoms with E-state index in [4.69, 9.17) is 0 Å². The van der Waals surface area contributed by atoms with E-state index in [1.807, 2.05) is 6.92 Å². The van der Waals surface area contributed by atoms with Gasteiger partial charge in [-0.15, -0.1) is 0 Å². The fourth-order valence-electron chi connectivity index (χ4n) is 2.40. The fourth-order valence-corrected chi connectivity index (χ4v) is 2.40. The van der Waals surface area contributed by atoms with E-state index in [0.29, 0.717) is 5.92 Å². The van der Waals surface area contributed by atoms with E-state index in [0.717, 1.165) is 43.1 Å². The summed E-state index contributed by atoms with van der Waals surface area (Å²) in [5.74, 6) is 1.37. The fraction of sp³-hybridized carbons (Fsp3) is 0.714. The monoisotopic (exact) mass is 249 g/mol. The Kier molecular flexibility index (Phi) is 4.04. The SMILES string of the molecule is Cc1nc(N2CCCC2)[nH]c(=O)c1CCC(C)C. The topological polar surface area (TPSA) is 49.0 Å². The van der Waals surface area contributed by atoms with Crippen LogP contribution in [0.3, 0.4) is 0 Å². The maximum atomic E-state index is 12.1. The molecule has 1 aliphatic heterocycles. The number of aromatic amines is 1. The van der Waals surface area contributed by atoms with Crippen LogP contribution in [-0.2, 0) is 6.42 Å². The first-order valence-corrected chi connectivity index (χ1v) is 6.92. The summed E-state index contributed by atoms with van der Waals surface area (Å²) in [6.45, 7) is 8.32. The lowest BCUT2D eigenvalue weighted by molar-refractivity contribution is 0.582. The normalized spacial score (nSPS) is 15.7. The molecule has 0 aliphatic carbocycles. The molecule has 1 aliphatic rings. The van der Waals surface area contributed by atoms with Gasteiger partial charge in [0.05, 0.1) is 0 Å². The molecule has 1 saturated heterocycles. The lowest BCUT2D eigenvalue weighted by Gasteiger charge is -2.17. The predicted octanol–water partition coefficient (Wildman–Crippen LogP) is 2.27. The number of hydrogen-bond acceptors (Lipinski definition) is 3. The summed E-state index contributed by atoms with van der Waals surface area (Å²) < 4.78 is 0. The summed E-state index contributed by atoms with van der Waals surface area (Å²) in [5.41, 5.74) is 1.79. The number of nitrogens with one attached hydrogen (secondary N) is 1. The van der Waals surface area contributed by atoms with Crippen molar-refractivity contribution < 1.29 is 0 Å². The molecule has 1 N–H and O–H groups in total. The molecular weight excluding hydrogens is 226 g/mol. The Balaban J connectivity index is 2.20. The molecule has 1 aromatic heterocycles. The van der Waals surface area contributed by atoms with Crippen molar-refractivity contribution >= 4 is 5.95 Å². The summed E-state index contributed by atoms with van der Waals surface area (Å²) >= 11 is 0. The highest BCUT2D eigenvalue weighted by Crippen LogP contribution is 2.16. The quantitative estimate of drug-likeness (QED) is 0.890. The standard InChI is InChI=1S/C14H23N3O/c1-10(2)6-7-12-11(3)15-14(16-13(12)18)17-8-4-5-9-17/h10H,4-9H2,1-3H3,(H,15,16,18). The summed E-state index contributed by atoms with van der Waals surface area (Å²) in [6, 6.07) is 0. The third-order valence-corrected chi connectivity index (χ3v) is 3.59. The number of anilines is 1. The van der Waals surface area contributed by atoms with Crippen molar-refractivity contribution in [1.29, 1.82) is 0 Å². The second-order valence-corrected chi connectivity index (χ2v) is 5.58. The van der Waals surface area contributed by atoms with Crippen molar-refractivity contribution in [2.24, 2.45) is 5.92 Å². The molecule has 0 aromatic carbocycles. The third kappa shape index (κ3) is 2.92. The van der Waals surface area contributed by atoms with Gasteiger partial charge in [0.2, 0.25) is 5.95 Å². The van der Waals surface area contributed by atoms with Crippen LogP contribution >= 0.6 is 0 Å². The van der Waals surface area contributed by atoms with Crippen LogP contribution < -0.4 is 10.5 Å². The summed E-state index contributed by atoms with van der Waals surface area (Å²) in [5, 5.41) is 0. The molecule has 1 fully saturated rings. The van der Waals surface area contributed by atoms with Crippen LogP contribution in [0.2, 0.25) is 0 Å². The van der Waals surface area contributed by atoms with Crippen molar-refractivity contribution in [1.82, 2.24) is 9.97 Å². The zero-order valence-corrected chi connectivity index (χ0v) is 11.6. The van der Waals surface area contributed by atoms with E-state index in [-0.39, 0.29) is 5.56 Å². The molecule has 0 radical (unpaired) electrons. The highest BCUT2D eigenvalue weighted by molar-refractivity contribution is 5.34. The highest BCUT2D eigenvalue weighted by atomic mass is 16.1. The van der Waals surface area contributed by atoms with Crippen LogP contribution in [0.25, 0.3) is 0 Å². The van der Waals surface area contributed by atoms with Crippen LogP contribution in [0, 0.1) is 12.8 Å². The van der Waals surface area contributed by atoms with Gasteiger partial charge in [-0.05, 0) is 38.5 Å². The molecule has 4 heteroatoms. The Hall–Kier alpha value is -1.32. The average Bonchev–Trinajstić information content (AvgIpc) is 2.80. The predicted molar refractivity (Wildman–Crippen MR) is 74.2 cm³/mol. The number of aromatic nitrogens is 2.